The zero-order valence-corrected chi connectivity index (χ0v) is 16.6. The maximum absolute atomic E-state index is 12.7. The van der Waals surface area contributed by atoms with E-state index in [1.54, 1.807) is 0 Å². The second-order valence-corrected chi connectivity index (χ2v) is 7.28. The van der Waals surface area contributed by atoms with E-state index >= 15 is 0 Å². The molecule has 0 aliphatic carbocycles. The van der Waals surface area contributed by atoms with Gasteiger partial charge in [-0.05, 0) is 63.5 Å². The lowest BCUT2D eigenvalue weighted by atomic mass is 9.83. The summed E-state index contributed by atoms with van der Waals surface area (Å²) in [5.41, 5.74) is 12.3. The highest BCUT2D eigenvalue weighted by molar-refractivity contribution is 5.25. The number of hydrogen-bond acceptors (Lipinski definition) is 4. The quantitative estimate of drug-likeness (QED) is 0.378. The Morgan fingerprint density at radius 1 is 0.769 bits per heavy atom. The fraction of sp³-hybridized carbons (Fsp3) is 0.800. The molecule has 0 saturated carbocycles. The van der Waals surface area contributed by atoms with Crippen LogP contribution in [0.1, 0.15) is 101 Å². The standard InChI is InChI=1S/C20H38N4O2/c1-3-9-15(11-5-7-13-21)17-18(23-20(26)24-19(17)25)16(10-4-2)12-6-8-14-22/h15-16H,3-14,21-22H2,1-2H3,(H2,23,24,25,26). The Kier molecular flexibility index (Phi) is 11.2. The first kappa shape index (κ1) is 22.6. The molecule has 150 valence electrons. The zero-order chi connectivity index (χ0) is 19.4. The highest BCUT2D eigenvalue weighted by Gasteiger charge is 2.24. The zero-order valence-electron chi connectivity index (χ0n) is 16.6. The smallest absolute Gasteiger partial charge is 0.325 e. The second kappa shape index (κ2) is 12.9. The minimum Gasteiger partial charge on any atom is -0.330 e. The first-order valence-electron chi connectivity index (χ1n) is 10.3. The molecule has 0 spiro atoms. The third kappa shape index (κ3) is 7.08. The van der Waals surface area contributed by atoms with E-state index in [1.165, 1.54) is 0 Å². The predicted molar refractivity (Wildman–Crippen MR) is 109 cm³/mol. The van der Waals surface area contributed by atoms with Gasteiger partial charge in [0.2, 0.25) is 0 Å². The maximum atomic E-state index is 12.7. The highest BCUT2D eigenvalue weighted by atomic mass is 16.2. The molecule has 1 aromatic rings. The van der Waals surface area contributed by atoms with E-state index in [9.17, 15) is 9.59 Å². The number of unbranched alkanes of at least 4 members (excludes halogenated alkanes) is 2. The van der Waals surface area contributed by atoms with Crippen molar-refractivity contribution in [3.05, 3.63) is 32.1 Å². The molecule has 0 fully saturated rings. The number of H-pyrrole nitrogens is 2. The van der Waals surface area contributed by atoms with Gasteiger partial charge in [-0.1, -0.05) is 39.5 Å². The Hall–Kier alpha value is -1.40. The van der Waals surface area contributed by atoms with E-state index in [2.05, 4.69) is 23.8 Å². The molecule has 26 heavy (non-hydrogen) atoms. The van der Waals surface area contributed by atoms with Gasteiger partial charge in [0.1, 0.15) is 0 Å². The van der Waals surface area contributed by atoms with Crippen LogP contribution >= 0.6 is 0 Å². The first-order chi connectivity index (χ1) is 12.6. The van der Waals surface area contributed by atoms with Crippen LogP contribution in [0.5, 0.6) is 0 Å². The van der Waals surface area contributed by atoms with Crippen LogP contribution in [0.25, 0.3) is 0 Å². The summed E-state index contributed by atoms with van der Waals surface area (Å²) in [4.78, 5) is 30.2. The van der Waals surface area contributed by atoms with Gasteiger partial charge in [-0.2, -0.15) is 0 Å². The molecule has 0 aliphatic rings. The molecule has 0 bridgehead atoms. The van der Waals surface area contributed by atoms with Crippen LogP contribution in [0, 0.1) is 0 Å². The molecule has 6 N–H and O–H groups in total. The molecule has 0 amide bonds. The molecule has 2 atom stereocenters. The fourth-order valence-electron chi connectivity index (χ4n) is 3.87. The van der Waals surface area contributed by atoms with Gasteiger partial charge >= 0.3 is 5.69 Å². The normalized spacial score (nSPS) is 13.7. The van der Waals surface area contributed by atoms with Crippen molar-refractivity contribution in [3.63, 3.8) is 0 Å². The summed E-state index contributed by atoms with van der Waals surface area (Å²) in [6.07, 6.45) is 9.81. The van der Waals surface area contributed by atoms with Crippen LogP contribution in [0.3, 0.4) is 0 Å². The SMILES string of the molecule is CCCC(CCCCN)c1[nH]c(=O)[nH]c(=O)c1C(CCC)CCCCN. The molecule has 2 unspecified atom stereocenters. The van der Waals surface area contributed by atoms with Crippen molar-refractivity contribution in [1.29, 1.82) is 0 Å². The Labute approximate surface area is 157 Å². The van der Waals surface area contributed by atoms with Gasteiger partial charge < -0.3 is 16.5 Å². The summed E-state index contributed by atoms with van der Waals surface area (Å²) in [6, 6.07) is 0. The van der Waals surface area contributed by atoms with E-state index in [0.29, 0.717) is 13.1 Å². The third-order valence-electron chi connectivity index (χ3n) is 5.11. The number of hydrogen-bond donors (Lipinski definition) is 4. The summed E-state index contributed by atoms with van der Waals surface area (Å²) < 4.78 is 0. The van der Waals surface area contributed by atoms with Crippen molar-refractivity contribution in [3.8, 4) is 0 Å². The fourth-order valence-corrected chi connectivity index (χ4v) is 3.87. The van der Waals surface area contributed by atoms with E-state index < -0.39 is 5.69 Å². The minimum absolute atomic E-state index is 0.177. The Bertz CT molecular complexity index is 609. The molecule has 1 rings (SSSR count). The van der Waals surface area contributed by atoms with Crippen molar-refractivity contribution in [2.24, 2.45) is 11.5 Å². The van der Waals surface area contributed by atoms with Crippen molar-refractivity contribution < 1.29 is 0 Å². The van der Waals surface area contributed by atoms with Gasteiger partial charge in [0.25, 0.3) is 5.56 Å². The number of aromatic amines is 2. The van der Waals surface area contributed by atoms with Gasteiger partial charge in [0, 0.05) is 11.3 Å². The third-order valence-corrected chi connectivity index (χ3v) is 5.11. The van der Waals surface area contributed by atoms with E-state index in [1.807, 2.05) is 0 Å². The number of nitrogens with two attached hydrogens (primary N) is 2. The van der Waals surface area contributed by atoms with Gasteiger partial charge in [-0.25, -0.2) is 4.79 Å². The van der Waals surface area contributed by atoms with Crippen LogP contribution in [0.2, 0.25) is 0 Å². The molecule has 0 aromatic carbocycles. The summed E-state index contributed by atoms with van der Waals surface area (Å²) in [5, 5.41) is 0. The lowest BCUT2D eigenvalue weighted by Crippen LogP contribution is -2.31. The highest BCUT2D eigenvalue weighted by Crippen LogP contribution is 2.33. The van der Waals surface area contributed by atoms with Crippen molar-refractivity contribution in [2.75, 3.05) is 13.1 Å². The number of rotatable bonds is 14. The largest absolute Gasteiger partial charge is 0.330 e. The molecule has 0 radical (unpaired) electrons. The molecular weight excluding hydrogens is 328 g/mol. The number of nitrogens with one attached hydrogen (secondary N) is 2. The topological polar surface area (TPSA) is 118 Å². The predicted octanol–water partition coefficient (Wildman–Crippen LogP) is 3.09. The number of aromatic nitrogens is 2. The van der Waals surface area contributed by atoms with Gasteiger partial charge in [-0.15, -0.1) is 0 Å². The average Bonchev–Trinajstić information content (AvgIpc) is 2.60. The molecule has 6 nitrogen and oxygen atoms in total. The van der Waals surface area contributed by atoms with Gasteiger partial charge in [-0.3, -0.25) is 9.78 Å². The maximum Gasteiger partial charge on any atom is 0.325 e. The van der Waals surface area contributed by atoms with Crippen LogP contribution in [0.4, 0.5) is 0 Å². The Morgan fingerprint density at radius 3 is 1.85 bits per heavy atom. The monoisotopic (exact) mass is 366 g/mol. The van der Waals surface area contributed by atoms with Crippen molar-refractivity contribution >= 4 is 0 Å². The van der Waals surface area contributed by atoms with E-state index in [0.717, 1.165) is 75.5 Å². The molecule has 0 aliphatic heterocycles. The second-order valence-electron chi connectivity index (χ2n) is 7.28. The van der Waals surface area contributed by atoms with Gasteiger partial charge in [0.15, 0.2) is 0 Å². The Balaban J connectivity index is 3.25. The average molecular weight is 367 g/mol. The van der Waals surface area contributed by atoms with Crippen LogP contribution in [-0.2, 0) is 0 Å². The summed E-state index contributed by atoms with van der Waals surface area (Å²) in [7, 11) is 0. The van der Waals surface area contributed by atoms with Gasteiger partial charge in [0.05, 0.1) is 0 Å². The van der Waals surface area contributed by atoms with Crippen molar-refractivity contribution in [1.82, 2.24) is 9.97 Å². The molecule has 6 heteroatoms. The van der Waals surface area contributed by atoms with E-state index in [4.69, 9.17) is 11.5 Å². The summed E-state index contributed by atoms with van der Waals surface area (Å²) >= 11 is 0. The van der Waals surface area contributed by atoms with Crippen molar-refractivity contribution in [2.45, 2.75) is 89.9 Å². The minimum atomic E-state index is -0.397. The lowest BCUT2D eigenvalue weighted by molar-refractivity contribution is 0.486. The molecular formula is C20H38N4O2. The van der Waals surface area contributed by atoms with Crippen LogP contribution in [-0.4, -0.2) is 23.1 Å². The summed E-state index contributed by atoms with van der Waals surface area (Å²) in [5.74, 6) is 0.390. The van der Waals surface area contributed by atoms with Crippen LogP contribution < -0.4 is 22.7 Å². The molecule has 1 heterocycles. The molecule has 0 saturated heterocycles. The lowest BCUT2D eigenvalue weighted by Gasteiger charge is -2.24. The molecule has 1 aromatic heterocycles. The Morgan fingerprint density at radius 2 is 1.31 bits per heavy atom. The summed E-state index contributed by atoms with van der Waals surface area (Å²) in [6.45, 7) is 5.63. The first-order valence-corrected chi connectivity index (χ1v) is 10.3. The van der Waals surface area contributed by atoms with Crippen LogP contribution in [0.15, 0.2) is 9.59 Å². The van der Waals surface area contributed by atoms with E-state index in [-0.39, 0.29) is 17.4 Å².